The zero-order chi connectivity index (χ0) is 64.3. The van der Waals surface area contributed by atoms with Crippen molar-refractivity contribution in [2.45, 2.75) is 0 Å². The van der Waals surface area contributed by atoms with Crippen LogP contribution in [0.25, 0.3) is 0 Å². The first-order chi connectivity index (χ1) is 32.3. The van der Waals surface area contributed by atoms with Crippen LogP contribution >= 0.6 is 0 Å². The van der Waals surface area contributed by atoms with Crippen LogP contribution in [0.3, 0.4) is 0 Å². The molecule has 32 N–H and O–H groups in total. The summed E-state index contributed by atoms with van der Waals surface area (Å²) in [5, 5.41) is 0. The predicted octanol–water partition coefficient (Wildman–Crippen LogP) is -7.82. The van der Waals surface area contributed by atoms with E-state index in [1.807, 2.05) is 0 Å². The van der Waals surface area contributed by atoms with Gasteiger partial charge in [-0.05, 0) is 0 Å². The Hall–Kier alpha value is 0.578. The molecule has 0 rings (SSSR count). The maximum atomic E-state index is 9.66. The molecule has 0 atom stereocenters. The van der Waals surface area contributed by atoms with Crippen molar-refractivity contribution in [1.82, 2.24) is 36.8 Å². The van der Waals surface area contributed by atoms with Gasteiger partial charge in [-0.1, -0.05) is 0 Å². The van der Waals surface area contributed by atoms with Crippen molar-refractivity contribution in [3.05, 3.63) is 0 Å². The molecule has 0 aliphatic carbocycles. The van der Waals surface area contributed by atoms with Crippen LogP contribution in [-0.4, -0.2) is 64.5 Å². The first-order valence-electron chi connectivity index (χ1n) is 17.8. The molecule has 0 saturated heterocycles. The summed E-state index contributed by atoms with van der Waals surface area (Å²) in [6, 6.07) is 0. The summed E-state index contributed by atoms with van der Waals surface area (Å²) in [5.41, 5.74) is 11.0. The van der Waals surface area contributed by atoms with Crippen molar-refractivity contribution in [2.24, 2.45) is 0 Å². The molecular weight excluding hydrogens is 1200 g/mol. The van der Waals surface area contributed by atoms with Gasteiger partial charge in [-0.15, -0.1) is 0 Å². The number of hydrogen-bond donors (Lipinski definition) is 12. The average Bonchev–Trinajstić information content (AvgIpc) is 3.14. The zero-order valence-corrected chi connectivity index (χ0v) is 31.0. The molecule has 0 unspecified atom stereocenters. The summed E-state index contributed by atoms with van der Waals surface area (Å²) >= 11 is -32.2. The van der Waals surface area contributed by atoms with Crippen molar-refractivity contribution in [3.63, 3.8) is 0 Å². The molecule has 41 heteroatoms. The van der Waals surface area contributed by atoms with Gasteiger partial charge in [0.25, 0.3) is 0 Å². The molecule has 0 radical (unpaired) electrons. The van der Waals surface area contributed by atoms with Gasteiger partial charge >= 0.3 is 211 Å². The van der Waals surface area contributed by atoms with Crippen molar-refractivity contribution in [3.8, 4) is 0 Å². The van der Waals surface area contributed by atoms with Gasteiger partial charge in [0.15, 0.2) is 0 Å². The Morgan fingerprint density at radius 3 is 0.463 bits per heavy atom. The van der Waals surface area contributed by atoms with Gasteiger partial charge in [0, 0.05) is 0 Å². The molecule has 0 fully saturated rings. The fourth-order valence-corrected chi connectivity index (χ4v) is 0. The molecule has 0 bridgehead atoms. The summed E-state index contributed by atoms with van der Waals surface area (Å²) in [5.74, 6) is 0. The van der Waals surface area contributed by atoms with Gasteiger partial charge in [-0.2, -0.15) is 0 Å². The Morgan fingerprint density at radius 1 is 0.415 bits per heavy atom. The summed E-state index contributed by atoms with van der Waals surface area (Å²) < 4.78 is 360. The monoisotopic (exact) mass is 1280 g/mol. The minimum absolute atomic E-state index is 0.250. The number of rotatable bonds is 6. The molecule has 0 aromatic carbocycles. The third kappa shape index (κ3) is 181000. The van der Waals surface area contributed by atoms with E-state index in [4.69, 9.17) is 86.2 Å². The Kier molecular flexibility index (Phi) is 35.5. The van der Waals surface area contributed by atoms with Crippen molar-refractivity contribution >= 4 is 0 Å². The topological polar surface area (TPSA) is 765 Å². The predicted molar refractivity (Wildman–Crippen MR) is 70.3 cm³/mol. The third-order valence-electron chi connectivity index (χ3n) is 0. The Labute approximate surface area is 305 Å². The standard InChI is InChI=1S/7Mo.6H3N.10H2O.18O/h;;;;;;;6*1H3;10*1H2;;;;;;;;;;;;;;;;;;/q;;;;3*+2;;;;;;;;;;;;;;;;;;;;;;;;;;;;;;;;;;/p-6/i/hD32. The van der Waals surface area contributed by atoms with E-state index in [1.165, 1.54) is 0 Å². The molecule has 0 aliphatic heterocycles. The van der Waals surface area contributed by atoms with Crippen molar-refractivity contribution in [2.75, 3.05) is 0 Å². The summed E-state index contributed by atoms with van der Waals surface area (Å²) in [6.07, 6.45) is -1.50. The first kappa shape index (κ1) is 21.4. The molecule has 34 nitrogen and oxygen atoms in total. The molecule has 0 aromatic heterocycles. The number of hydrogen-bond acceptors (Lipinski definition) is 30. The van der Waals surface area contributed by atoms with E-state index in [1.54, 1.807) is 0 Å². The van der Waals surface area contributed by atoms with Crippen LogP contribution in [0.2, 0.25) is 25.4 Å². The van der Waals surface area contributed by atoms with E-state index >= 15 is 0 Å². The molecule has 272 valence electrons. The normalized spacial score (nSPS) is 16.1. The molecule has 0 spiro atoms. The second kappa shape index (κ2) is 68.0. The SMILES string of the molecule is [2H]N([2H])[2H].[2H]N([2H])[2H].[2H]N([2H])[2H].[2H]N([2H])[2H].[2H]N([2H])[2H].[2H]N([2H])[2H].[2H]O[2H].[2H]O[2H].[2H]O[2H].[2H]O[2H].[2H][O][Mo](=[O])(=[O])[O][2H].[2H][O][Mo](=[O])(=[O])[O][2H].[2H][O][Mo](=[O])(=[O])[O][2H].[O]=[Mo](=[O])=[O].[O]=[Mo](=[O])=[O].[O]=[Mo](=[O])=[O].[O]=[Mo](=[O])=[O]. The molecule has 0 heterocycles. The van der Waals surface area contributed by atoms with Gasteiger partial charge in [-0.25, -0.2) is 0 Å². The second-order valence-electron chi connectivity index (χ2n) is 2.04. The third-order valence-corrected chi connectivity index (χ3v) is 0. The van der Waals surface area contributed by atoms with Gasteiger partial charge in [0.2, 0.25) is 11.4 Å². The molecule has 0 saturated carbocycles. The van der Waals surface area contributed by atoms with Crippen LogP contribution in [0.5, 0.6) is 0 Å². The summed E-state index contributed by atoms with van der Waals surface area (Å²) in [7, 11) is 0. The van der Waals surface area contributed by atoms with Crippen LogP contribution in [0.1, 0.15) is 0 Å². The minimum atomic E-state index is -5.27. The van der Waals surface area contributed by atoms with Crippen molar-refractivity contribution in [1.29, 1.82) is 20.0 Å². The molecule has 0 aliphatic rings. The van der Waals surface area contributed by atoms with E-state index in [0.29, 0.717) is 0 Å². The Morgan fingerprint density at radius 2 is 0.463 bits per heavy atom. The zero-order valence-electron chi connectivity index (χ0n) is 49.0. The van der Waals surface area contributed by atoms with E-state index in [-0.39, 0.29) is 36.8 Å². The van der Waals surface area contributed by atoms with E-state index in [2.05, 4.69) is 44.5 Å². The quantitative estimate of drug-likeness (QED) is 0.110. The summed E-state index contributed by atoms with van der Waals surface area (Å²) in [6.45, 7) is 0. The first-order valence-corrected chi connectivity index (χ1v) is 23.7. The molecule has 41 heavy (non-hydrogen) atoms. The molecule has 0 aromatic rings. The fraction of sp³-hybridized carbons (Fsp3) is 0. The van der Waals surface area contributed by atoms with E-state index in [9.17, 15) is 20.4 Å². The average molecular weight is 1270 g/mol. The van der Waals surface area contributed by atoms with Gasteiger partial charge in [0.1, 0.15) is 25.4 Å². The Balaban J connectivity index is -0.0000000307. The second-order valence-corrected chi connectivity index (χ2v) is 12.1. The summed E-state index contributed by atoms with van der Waals surface area (Å²) in [4.78, 5) is 0. The molecular formula is H32Mo7N6O28. The van der Waals surface area contributed by atoms with Gasteiger partial charge < -0.3 is 58.7 Å². The molecule has 0 amide bonds. The Bertz CT molecular complexity index is 1420. The van der Waals surface area contributed by atoms with Crippen LogP contribution in [0.15, 0.2) is 0 Å². The van der Waals surface area contributed by atoms with E-state index in [0.717, 1.165) is 0 Å². The van der Waals surface area contributed by atoms with Crippen LogP contribution in [0.4, 0.5) is 0 Å². The fourth-order valence-electron chi connectivity index (χ4n) is 0. The van der Waals surface area contributed by atoms with Crippen LogP contribution in [-0.2, 0) is 180 Å². The maximum absolute atomic E-state index is 9.66. The van der Waals surface area contributed by atoms with Gasteiger partial charge in [0.05, 0.1) is 0 Å². The van der Waals surface area contributed by atoms with Crippen molar-refractivity contribution < 1.29 is 250 Å². The van der Waals surface area contributed by atoms with Crippen LogP contribution < -0.4 is 36.8 Å². The van der Waals surface area contributed by atoms with Gasteiger partial charge in [-0.3, -0.25) is 0 Å². The van der Waals surface area contributed by atoms with Crippen LogP contribution in [0, 0.1) is 0 Å². The van der Waals surface area contributed by atoms with E-state index < -0.39 is 119 Å².